The van der Waals surface area contributed by atoms with Gasteiger partial charge < -0.3 is 4.42 Å². The SMILES string of the molecule is c1ccc(-c2nc(-c3cccc4c3sc3cccc(-c5ccc6c(c5)oc5ccccc56)c34)nc(-n3c4ccccc4c4ccccc43)n2)cc1. The molecule has 7 aromatic carbocycles. The topological polar surface area (TPSA) is 56.7 Å². The van der Waals surface area contributed by atoms with Gasteiger partial charge in [0, 0.05) is 52.8 Å². The maximum atomic E-state index is 6.29. The third-order valence-electron chi connectivity index (χ3n) is 9.89. The van der Waals surface area contributed by atoms with Crippen molar-refractivity contribution in [2.75, 3.05) is 0 Å². The van der Waals surface area contributed by atoms with Crippen LogP contribution in [0.4, 0.5) is 0 Å². The van der Waals surface area contributed by atoms with Gasteiger partial charge in [-0.3, -0.25) is 4.57 Å². The lowest BCUT2D eigenvalue weighted by atomic mass is 9.98. The molecule has 0 saturated carbocycles. The molecule has 0 radical (unpaired) electrons. The molecular weight excluding hydrogens is 645 g/mol. The van der Waals surface area contributed by atoms with Crippen LogP contribution < -0.4 is 0 Å². The highest BCUT2D eigenvalue weighted by atomic mass is 32.1. The van der Waals surface area contributed by atoms with Crippen molar-refractivity contribution in [3.05, 3.63) is 158 Å². The lowest BCUT2D eigenvalue weighted by Crippen LogP contribution is -2.06. The molecule has 0 N–H and O–H groups in total. The summed E-state index contributed by atoms with van der Waals surface area (Å²) in [6.45, 7) is 0. The van der Waals surface area contributed by atoms with Crippen molar-refractivity contribution in [2.45, 2.75) is 0 Å². The molecule has 0 spiro atoms. The van der Waals surface area contributed by atoms with E-state index in [1.165, 1.54) is 21.0 Å². The minimum absolute atomic E-state index is 0.592. The Balaban J connectivity index is 1.15. The summed E-state index contributed by atoms with van der Waals surface area (Å²) in [5.41, 5.74) is 8.12. The number of hydrogen-bond acceptors (Lipinski definition) is 5. The monoisotopic (exact) mass is 670 g/mol. The summed E-state index contributed by atoms with van der Waals surface area (Å²) >= 11 is 1.78. The molecule has 0 saturated heterocycles. The smallest absolute Gasteiger partial charge is 0.238 e. The zero-order valence-corrected chi connectivity index (χ0v) is 27.9. The number of thiophene rings is 1. The predicted octanol–water partition coefficient (Wildman–Crippen LogP) is 12.2. The molecule has 0 atom stereocenters. The van der Waals surface area contributed by atoms with Gasteiger partial charge in [0.25, 0.3) is 0 Å². The minimum atomic E-state index is 0.592. The fourth-order valence-electron chi connectivity index (χ4n) is 7.60. The van der Waals surface area contributed by atoms with Crippen LogP contribution in [0.15, 0.2) is 162 Å². The molecule has 0 aliphatic heterocycles. The predicted molar refractivity (Wildman–Crippen MR) is 211 cm³/mol. The first kappa shape index (κ1) is 28.2. The van der Waals surface area contributed by atoms with Gasteiger partial charge in [-0.15, -0.1) is 11.3 Å². The summed E-state index contributed by atoms with van der Waals surface area (Å²) < 4.78 is 10.8. The molecule has 5 nitrogen and oxygen atoms in total. The number of para-hydroxylation sites is 3. The molecule has 6 heteroatoms. The number of furan rings is 1. The Kier molecular flexibility index (Phi) is 6.05. The third kappa shape index (κ3) is 4.30. The molecule has 4 aromatic heterocycles. The Labute approximate surface area is 295 Å². The van der Waals surface area contributed by atoms with E-state index in [0.717, 1.165) is 65.1 Å². The first-order chi connectivity index (χ1) is 25.3. The van der Waals surface area contributed by atoms with Crippen molar-refractivity contribution >= 4 is 75.3 Å². The molecule has 0 bridgehead atoms. The average molecular weight is 671 g/mol. The van der Waals surface area contributed by atoms with Crippen molar-refractivity contribution in [1.82, 2.24) is 19.5 Å². The van der Waals surface area contributed by atoms with E-state index in [-0.39, 0.29) is 0 Å². The third-order valence-corrected chi connectivity index (χ3v) is 11.1. The number of rotatable bonds is 4. The van der Waals surface area contributed by atoms with Crippen LogP contribution >= 0.6 is 11.3 Å². The van der Waals surface area contributed by atoms with E-state index in [0.29, 0.717) is 17.6 Å². The average Bonchev–Trinajstić information content (AvgIpc) is 3.87. The van der Waals surface area contributed by atoms with Crippen LogP contribution in [-0.4, -0.2) is 19.5 Å². The first-order valence-corrected chi connectivity index (χ1v) is 17.8. The molecule has 11 aromatic rings. The largest absolute Gasteiger partial charge is 0.456 e. The first-order valence-electron chi connectivity index (χ1n) is 16.9. The van der Waals surface area contributed by atoms with Crippen molar-refractivity contribution in [3.63, 3.8) is 0 Å². The second-order valence-electron chi connectivity index (χ2n) is 12.8. The Hall–Kier alpha value is -6.63. The summed E-state index contributed by atoms with van der Waals surface area (Å²) in [4.78, 5) is 15.5. The van der Waals surface area contributed by atoms with E-state index in [1.54, 1.807) is 11.3 Å². The Morgan fingerprint density at radius 2 is 1.10 bits per heavy atom. The molecule has 0 aliphatic carbocycles. The quantitative estimate of drug-likeness (QED) is 0.187. The fourth-order valence-corrected chi connectivity index (χ4v) is 8.84. The molecule has 51 heavy (non-hydrogen) atoms. The summed E-state index contributed by atoms with van der Waals surface area (Å²) in [5.74, 6) is 1.87. The van der Waals surface area contributed by atoms with E-state index in [1.807, 2.05) is 30.3 Å². The van der Waals surface area contributed by atoms with E-state index in [2.05, 4.69) is 132 Å². The van der Waals surface area contributed by atoms with Gasteiger partial charge in [-0.05, 0) is 53.6 Å². The second-order valence-corrected chi connectivity index (χ2v) is 13.8. The highest BCUT2D eigenvalue weighted by Crippen LogP contribution is 2.44. The number of fused-ring (bicyclic) bond motifs is 9. The highest BCUT2D eigenvalue weighted by molar-refractivity contribution is 7.26. The van der Waals surface area contributed by atoms with Gasteiger partial charge >= 0.3 is 0 Å². The summed E-state index contributed by atoms with van der Waals surface area (Å²) in [6.07, 6.45) is 0. The van der Waals surface area contributed by atoms with Gasteiger partial charge in [-0.2, -0.15) is 9.97 Å². The van der Waals surface area contributed by atoms with Gasteiger partial charge in [-0.25, -0.2) is 4.98 Å². The Morgan fingerprint density at radius 1 is 0.451 bits per heavy atom. The van der Waals surface area contributed by atoms with Crippen molar-refractivity contribution in [2.24, 2.45) is 0 Å². The van der Waals surface area contributed by atoms with Crippen molar-refractivity contribution in [3.8, 4) is 39.9 Å². The number of aromatic nitrogens is 4. The van der Waals surface area contributed by atoms with Crippen LogP contribution in [0.25, 0.3) is 104 Å². The van der Waals surface area contributed by atoms with E-state index in [4.69, 9.17) is 19.4 Å². The Morgan fingerprint density at radius 3 is 1.92 bits per heavy atom. The molecule has 0 unspecified atom stereocenters. The molecule has 0 aliphatic rings. The number of nitrogens with zero attached hydrogens (tertiary/aromatic N) is 4. The zero-order chi connectivity index (χ0) is 33.5. The van der Waals surface area contributed by atoms with Gasteiger partial charge in [0.15, 0.2) is 11.6 Å². The number of benzene rings is 7. The van der Waals surface area contributed by atoms with Gasteiger partial charge in [0.1, 0.15) is 11.2 Å². The molecule has 4 heterocycles. The lowest BCUT2D eigenvalue weighted by molar-refractivity contribution is 0.669. The minimum Gasteiger partial charge on any atom is -0.456 e. The molecular formula is C45H26N4OS. The highest BCUT2D eigenvalue weighted by Gasteiger charge is 2.21. The number of hydrogen-bond donors (Lipinski definition) is 0. The molecule has 0 fully saturated rings. The van der Waals surface area contributed by atoms with E-state index in [9.17, 15) is 0 Å². The summed E-state index contributed by atoms with van der Waals surface area (Å²) in [6, 6.07) is 54.9. The normalized spacial score (nSPS) is 11.9. The van der Waals surface area contributed by atoms with Crippen molar-refractivity contribution < 1.29 is 4.42 Å². The van der Waals surface area contributed by atoms with Crippen LogP contribution in [-0.2, 0) is 0 Å². The van der Waals surface area contributed by atoms with Gasteiger partial charge in [0.2, 0.25) is 5.95 Å². The standard InChI is InChI=1S/C45H26N4OS/c1-2-12-27(13-3-1)43-46-44(48-45(47-43)49-36-20-7-4-14-30(36)31-15-5-8-21-37(31)49)35-19-10-18-34-41-29(17-11-23-40(41)51-42(34)35)28-24-25-33-32-16-6-9-22-38(32)50-39(33)26-28/h1-26H. The van der Waals surface area contributed by atoms with E-state index < -0.39 is 0 Å². The Bertz CT molecular complexity index is 3100. The maximum Gasteiger partial charge on any atom is 0.238 e. The summed E-state index contributed by atoms with van der Waals surface area (Å²) in [5, 5.41) is 6.98. The van der Waals surface area contributed by atoms with Crippen molar-refractivity contribution in [1.29, 1.82) is 0 Å². The zero-order valence-electron chi connectivity index (χ0n) is 27.1. The van der Waals surface area contributed by atoms with Gasteiger partial charge in [-0.1, -0.05) is 115 Å². The molecule has 238 valence electrons. The summed E-state index contributed by atoms with van der Waals surface area (Å²) in [7, 11) is 0. The molecule has 0 amide bonds. The molecule has 11 rings (SSSR count). The fraction of sp³-hybridized carbons (Fsp3) is 0. The maximum absolute atomic E-state index is 6.29. The van der Waals surface area contributed by atoms with Crippen LogP contribution in [0, 0.1) is 0 Å². The van der Waals surface area contributed by atoms with Crippen LogP contribution in [0.1, 0.15) is 0 Å². The van der Waals surface area contributed by atoms with Crippen LogP contribution in [0.3, 0.4) is 0 Å². The lowest BCUT2D eigenvalue weighted by Gasteiger charge is -2.11. The van der Waals surface area contributed by atoms with Crippen LogP contribution in [0.2, 0.25) is 0 Å². The van der Waals surface area contributed by atoms with E-state index >= 15 is 0 Å². The second kappa shape index (κ2) is 10.9. The van der Waals surface area contributed by atoms with Crippen LogP contribution in [0.5, 0.6) is 0 Å². The van der Waals surface area contributed by atoms with Gasteiger partial charge in [0.05, 0.1) is 11.0 Å².